The molecule has 1 N–H and O–H groups in total. The van der Waals surface area contributed by atoms with E-state index in [-0.39, 0.29) is 5.41 Å². The minimum Gasteiger partial charge on any atom is -0.314 e. The van der Waals surface area contributed by atoms with E-state index in [9.17, 15) is 0 Å². The molecule has 0 bridgehead atoms. The first-order chi connectivity index (χ1) is 8.00. The number of thiophene rings is 1. The van der Waals surface area contributed by atoms with Gasteiger partial charge in [0, 0.05) is 35.5 Å². The Kier molecular flexibility index (Phi) is 4.29. The van der Waals surface area contributed by atoms with Crippen molar-refractivity contribution >= 4 is 27.3 Å². The van der Waals surface area contributed by atoms with Crippen LogP contribution in [0.5, 0.6) is 0 Å². The number of halogens is 1. The second kappa shape index (κ2) is 5.39. The highest BCUT2D eigenvalue weighted by molar-refractivity contribution is 9.10. The first kappa shape index (κ1) is 13.5. The van der Waals surface area contributed by atoms with Crippen molar-refractivity contribution in [1.29, 1.82) is 0 Å². The maximum absolute atomic E-state index is 3.69. The van der Waals surface area contributed by atoms with E-state index in [1.807, 2.05) is 11.3 Å². The Bertz CT molecular complexity index is 364. The molecule has 1 aliphatic heterocycles. The van der Waals surface area contributed by atoms with Gasteiger partial charge in [-0.15, -0.1) is 11.3 Å². The van der Waals surface area contributed by atoms with Crippen molar-refractivity contribution in [3.63, 3.8) is 0 Å². The van der Waals surface area contributed by atoms with E-state index in [4.69, 9.17) is 0 Å². The van der Waals surface area contributed by atoms with Crippen LogP contribution in [0.4, 0.5) is 0 Å². The molecule has 0 unspecified atom stereocenters. The largest absolute Gasteiger partial charge is 0.314 e. The molecule has 17 heavy (non-hydrogen) atoms. The number of piperazine rings is 1. The third-order valence-corrected chi connectivity index (χ3v) is 5.15. The maximum Gasteiger partial charge on any atom is 0.0502 e. The van der Waals surface area contributed by atoms with Crippen molar-refractivity contribution in [2.75, 3.05) is 26.2 Å². The molecular formula is C13H21BrN2S. The van der Waals surface area contributed by atoms with Crippen LogP contribution >= 0.6 is 27.3 Å². The predicted octanol–water partition coefficient (Wildman–Crippen LogP) is 3.50. The van der Waals surface area contributed by atoms with E-state index in [1.54, 1.807) is 0 Å². The zero-order valence-corrected chi connectivity index (χ0v) is 13.2. The maximum atomic E-state index is 3.69. The van der Waals surface area contributed by atoms with Gasteiger partial charge in [-0.25, -0.2) is 0 Å². The number of hydrogen-bond donors (Lipinski definition) is 1. The van der Waals surface area contributed by atoms with Crippen LogP contribution in [0.2, 0.25) is 0 Å². The molecule has 2 heterocycles. The lowest BCUT2D eigenvalue weighted by molar-refractivity contribution is 0.0883. The molecule has 1 aromatic rings. The highest BCUT2D eigenvalue weighted by atomic mass is 79.9. The Balaban J connectivity index is 2.28. The molecule has 1 aliphatic rings. The van der Waals surface area contributed by atoms with Gasteiger partial charge >= 0.3 is 0 Å². The minimum absolute atomic E-state index is 0.269. The van der Waals surface area contributed by atoms with Crippen molar-refractivity contribution in [3.05, 3.63) is 20.8 Å². The van der Waals surface area contributed by atoms with Crippen molar-refractivity contribution in [2.24, 2.45) is 5.41 Å². The summed E-state index contributed by atoms with van der Waals surface area (Å²) in [4.78, 5) is 4.09. The Labute approximate surface area is 117 Å². The van der Waals surface area contributed by atoms with Gasteiger partial charge in [0.05, 0.1) is 6.04 Å². The van der Waals surface area contributed by atoms with Gasteiger partial charge in [0.2, 0.25) is 0 Å². The number of nitrogens with one attached hydrogen (secondary N) is 1. The average molecular weight is 317 g/mol. The van der Waals surface area contributed by atoms with E-state index in [2.05, 4.69) is 58.4 Å². The highest BCUT2D eigenvalue weighted by Gasteiger charge is 2.34. The molecule has 0 aromatic carbocycles. The second-order valence-corrected chi connectivity index (χ2v) is 7.49. The van der Waals surface area contributed by atoms with Crippen molar-refractivity contribution in [1.82, 2.24) is 10.2 Å². The molecule has 1 atom stereocenters. The van der Waals surface area contributed by atoms with Crippen LogP contribution in [0, 0.1) is 5.41 Å². The Morgan fingerprint density at radius 3 is 2.47 bits per heavy atom. The van der Waals surface area contributed by atoms with Crippen molar-refractivity contribution in [3.8, 4) is 0 Å². The molecule has 2 rings (SSSR count). The molecule has 0 radical (unpaired) electrons. The SMILES string of the molecule is CC(C)(C)[C@@H](c1sccc1Br)N1CCNCC1. The zero-order chi connectivity index (χ0) is 12.5. The number of nitrogens with zero attached hydrogens (tertiary/aromatic N) is 1. The van der Waals surface area contributed by atoms with Crippen LogP contribution in [0.3, 0.4) is 0 Å². The van der Waals surface area contributed by atoms with Crippen LogP contribution in [-0.4, -0.2) is 31.1 Å². The quantitative estimate of drug-likeness (QED) is 0.898. The fourth-order valence-corrected chi connectivity index (χ4v) is 4.51. The summed E-state index contributed by atoms with van der Waals surface area (Å²) < 4.78 is 1.26. The fraction of sp³-hybridized carbons (Fsp3) is 0.692. The lowest BCUT2D eigenvalue weighted by Gasteiger charge is -2.42. The summed E-state index contributed by atoms with van der Waals surface area (Å²) in [5.74, 6) is 0. The van der Waals surface area contributed by atoms with E-state index in [0.717, 1.165) is 26.2 Å². The molecule has 96 valence electrons. The van der Waals surface area contributed by atoms with Crippen LogP contribution in [0.25, 0.3) is 0 Å². The Hall–Kier alpha value is 0.1000. The average Bonchev–Trinajstić information content (AvgIpc) is 2.65. The van der Waals surface area contributed by atoms with Gasteiger partial charge in [-0.05, 0) is 32.8 Å². The zero-order valence-electron chi connectivity index (χ0n) is 10.8. The standard InChI is InChI=1S/C13H21BrN2S/c1-13(2,3)12(11-10(14)4-9-17-11)16-7-5-15-6-8-16/h4,9,12,15H,5-8H2,1-3H3/t12-/m1/s1. The summed E-state index contributed by atoms with van der Waals surface area (Å²) in [5, 5.41) is 5.61. The molecule has 1 fully saturated rings. The van der Waals surface area contributed by atoms with Crippen LogP contribution in [0.15, 0.2) is 15.9 Å². The lowest BCUT2D eigenvalue weighted by Crippen LogP contribution is -2.48. The minimum atomic E-state index is 0.269. The topological polar surface area (TPSA) is 15.3 Å². The number of hydrogen-bond acceptors (Lipinski definition) is 3. The molecule has 4 heteroatoms. The first-order valence-electron chi connectivity index (χ1n) is 6.18. The van der Waals surface area contributed by atoms with Gasteiger partial charge in [-0.1, -0.05) is 20.8 Å². The molecule has 0 aliphatic carbocycles. The summed E-state index contributed by atoms with van der Waals surface area (Å²) in [6.07, 6.45) is 0. The third-order valence-electron chi connectivity index (χ3n) is 3.23. The smallest absolute Gasteiger partial charge is 0.0502 e. The Morgan fingerprint density at radius 2 is 2.00 bits per heavy atom. The third kappa shape index (κ3) is 3.11. The van der Waals surface area contributed by atoms with Gasteiger partial charge < -0.3 is 5.32 Å². The summed E-state index contributed by atoms with van der Waals surface area (Å²) in [5.41, 5.74) is 0.269. The van der Waals surface area contributed by atoms with E-state index < -0.39 is 0 Å². The normalized spacial score (nSPS) is 20.5. The molecule has 0 amide bonds. The first-order valence-corrected chi connectivity index (χ1v) is 7.85. The van der Waals surface area contributed by atoms with Crippen LogP contribution in [-0.2, 0) is 0 Å². The molecule has 0 spiro atoms. The van der Waals surface area contributed by atoms with Gasteiger partial charge in [0.1, 0.15) is 0 Å². The molecule has 0 saturated carbocycles. The molecule has 2 nitrogen and oxygen atoms in total. The van der Waals surface area contributed by atoms with Gasteiger partial charge in [-0.2, -0.15) is 0 Å². The fourth-order valence-electron chi connectivity index (χ4n) is 2.55. The van der Waals surface area contributed by atoms with Crippen LogP contribution in [0.1, 0.15) is 31.7 Å². The lowest BCUT2D eigenvalue weighted by atomic mass is 9.84. The number of rotatable bonds is 2. The summed E-state index contributed by atoms with van der Waals surface area (Å²) in [6, 6.07) is 2.68. The van der Waals surface area contributed by atoms with E-state index in [0.29, 0.717) is 6.04 Å². The van der Waals surface area contributed by atoms with Crippen molar-refractivity contribution < 1.29 is 0 Å². The Morgan fingerprint density at radius 1 is 1.35 bits per heavy atom. The van der Waals surface area contributed by atoms with Crippen molar-refractivity contribution in [2.45, 2.75) is 26.8 Å². The second-order valence-electron chi connectivity index (χ2n) is 5.69. The monoisotopic (exact) mass is 316 g/mol. The summed E-state index contributed by atoms with van der Waals surface area (Å²) in [6.45, 7) is 11.5. The predicted molar refractivity (Wildman–Crippen MR) is 78.7 cm³/mol. The molecular weight excluding hydrogens is 296 g/mol. The highest BCUT2D eigenvalue weighted by Crippen LogP contribution is 2.43. The molecule has 1 saturated heterocycles. The van der Waals surface area contributed by atoms with Gasteiger partial charge in [0.25, 0.3) is 0 Å². The van der Waals surface area contributed by atoms with Gasteiger partial charge in [0.15, 0.2) is 0 Å². The molecule has 1 aromatic heterocycles. The summed E-state index contributed by atoms with van der Waals surface area (Å²) in [7, 11) is 0. The summed E-state index contributed by atoms with van der Waals surface area (Å²) >= 11 is 5.56. The van der Waals surface area contributed by atoms with E-state index in [1.165, 1.54) is 9.35 Å². The van der Waals surface area contributed by atoms with Gasteiger partial charge in [-0.3, -0.25) is 4.90 Å². The van der Waals surface area contributed by atoms with E-state index >= 15 is 0 Å². The van der Waals surface area contributed by atoms with Crippen LogP contribution < -0.4 is 5.32 Å².